The second kappa shape index (κ2) is 6.15. The van der Waals surface area contributed by atoms with Crippen LogP contribution in [0.15, 0.2) is 4.90 Å². The normalized spacial score (nSPS) is 19.7. The zero-order chi connectivity index (χ0) is 14.0. The molecule has 1 unspecified atom stereocenters. The second-order valence-electron chi connectivity index (χ2n) is 4.69. The molecule has 0 bridgehead atoms. The Morgan fingerprint density at radius 3 is 2.89 bits per heavy atom. The maximum Gasteiger partial charge on any atom is 0.171 e. The van der Waals surface area contributed by atoms with Gasteiger partial charge in [-0.3, -0.25) is 4.79 Å². The van der Waals surface area contributed by atoms with Crippen LogP contribution in [0, 0.1) is 0 Å². The number of ketones is 1. The molecule has 0 aromatic carbocycles. The number of hydrogen-bond donors (Lipinski definition) is 1. The van der Waals surface area contributed by atoms with Crippen molar-refractivity contribution < 1.29 is 9.53 Å². The third kappa shape index (κ3) is 2.90. The third-order valence-corrected chi connectivity index (χ3v) is 5.72. The molecule has 0 spiro atoms. The second-order valence-corrected chi connectivity index (χ2v) is 6.50. The minimum atomic E-state index is 0.0457. The molecule has 6 heteroatoms. The average Bonchev–Trinajstić information content (AvgIpc) is 2.75. The van der Waals surface area contributed by atoms with E-state index in [0.717, 1.165) is 35.8 Å². The molecule has 4 nitrogen and oxygen atoms in total. The van der Waals surface area contributed by atoms with Crippen molar-refractivity contribution in [1.82, 2.24) is 0 Å². The lowest BCUT2D eigenvalue weighted by Gasteiger charge is -2.33. The van der Waals surface area contributed by atoms with Gasteiger partial charge in [-0.15, -0.1) is 23.1 Å². The van der Waals surface area contributed by atoms with Gasteiger partial charge >= 0.3 is 0 Å². The number of ether oxygens (including phenoxy) is 1. The lowest BCUT2D eigenvalue weighted by atomic mass is 10.1. The minimum Gasteiger partial charge on any atom is -0.396 e. The SMILES string of the molecule is COC1CCCN(c2sc(C(C)=O)c(N)c2SC)C1. The van der Waals surface area contributed by atoms with Crippen LogP contribution in [0.25, 0.3) is 0 Å². The molecular weight excluding hydrogens is 280 g/mol. The molecule has 1 aliphatic heterocycles. The first kappa shape index (κ1) is 14.7. The van der Waals surface area contributed by atoms with Gasteiger partial charge in [0.05, 0.1) is 21.6 Å². The number of hydrogen-bond acceptors (Lipinski definition) is 6. The van der Waals surface area contributed by atoms with Gasteiger partial charge in [0.25, 0.3) is 0 Å². The number of piperidine rings is 1. The number of anilines is 2. The van der Waals surface area contributed by atoms with Gasteiger partial charge in [-0.2, -0.15) is 0 Å². The van der Waals surface area contributed by atoms with Crippen LogP contribution >= 0.6 is 23.1 Å². The monoisotopic (exact) mass is 300 g/mol. The van der Waals surface area contributed by atoms with Gasteiger partial charge in [-0.25, -0.2) is 0 Å². The predicted octanol–water partition coefficient (Wildman–Crippen LogP) is 2.87. The molecule has 1 aliphatic rings. The third-order valence-electron chi connectivity index (χ3n) is 3.40. The molecule has 19 heavy (non-hydrogen) atoms. The summed E-state index contributed by atoms with van der Waals surface area (Å²) in [7, 11) is 1.76. The molecule has 0 radical (unpaired) electrons. The van der Waals surface area contributed by atoms with Gasteiger partial charge in [-0.1, -0.05) is 0 Å². The number of carbonyl (C=O) groups is 1. The number of thiophene rings is 1. The van der Waals surface area contributed by atoms with Crippen LogP contribution < -0.4 is 10.6 Å². The first-order chi connectivity index (χ1) is 9.08. The van der Waals surface area contributed by atoms with E-state index in [4.69, 9.17) is 10.5 Å². The zero-order valence-electron chi connectivity index (χ0n) is 11.6. The van der Waals surface area contributed by atoms with Crippen LogP contribution in [0.3, 0.4) is 0 Å². The molecular formula is C13H20N2O2S2. The number of nitrogens with zero attached hydrogens (tertiary/aromatic N) is 1. The number of methoxy groups -OCH3 is 1. The summed E-state index contributed by atoms with van der Waals surface area (Å²) in [5, 5.41) is 1.12. The summed E-state index contributed by atoms with van der Waals surface area (Å²) < 4.78 is 5.46. The standard InChI is InChI=1S/C13H20N2O2S2/c1-8(16)11-10(14)12(18-3)13(19-11)15-6-4-5-9(7-15)17-2/h9H,4-7,14H2,1-3H3. The largest absolute Gasteiger partial charge is 0.396 e. The summed E-state index contributed by atoms with van der Waals surface area (Å²) in [4.78, 5) is 15.6. The lowest BCUT2D eigenvalue weighted by Crippen LogP contribution is -2.39. The molecule has 106 valence electrons. The highest BCUT2D eigenvalue weighted by atomic mass is 32.2. The Labute approximate surface area is 122 Å². The van der Waals surface area contributed by atoms with Crippen LogP contribution in [0.4, 0.5) is 10.7 Å². The van der Waals surface area contributed by atoms with Gasteiger partial charge in [0, 0.05) is 27.1 Å². The lowest BCUT2D eigenvalue weighted by molar-refractivity contribution is 0.0894. The van der Waals surface area contributed by atoms with Crippen molar-refractivity contribution in [3.63, 3.8) is 0 Å². The first-order valence-electron chi connectivity index (χ1n) is 6.33. The number of rotatable bonds is 4. The molecule has 0 aliphatic carbocycles. The maximum atomic E-state index is 11.6. The fourth-order valence-corrected chi connectivity index (χ4v) is 4.51. The summed E-state index contributed by atoms with van der Waals surface area (Å²) in [6.45, 7) is 3.45. The Bertz CT molecular complexity index is 473. The van der Waals surface area contributed by atoms with Crippen molar-refractivity contribution >= 4 is 39.6 Å². The Morgan fingerprint density at radius 1 is 1.58 bits per heavy atom. The van der Waals surface area contributed by atoms with E-state index >= 15 is 0 Å². The maximum absolute atomic E-state index is 11.6. The van der Waals surface area contributed by atoms with Crippen molar-refractivity contribution in [3.05, 3.63) is 4.88 Å². The highest BCUT2D eigenvalue weighted by Gasteiger charge is 2.26. The number of nitrogen functional groups attached to an aromatic ring is 1. The minimum absolute atomic E-state index is 0.0457. The van der Waals surface area contributed by atoms with E-state index in [1.165, 1.54) is 11.3 Å². The highest BCUT2D eigenvalue weighted by molar-refractivity contribution is 7.99. The summed E-state index contributed by atoms with van der Waals surface area (Å²) in [5.74, 6) is 0.0457. The predicted molar refractivity (Wildman–Crippen MR) is 82.8 cm³/mol. The quantitative estimate of drug-likeness (QED) is 0.684. The van der Waals surface area contributed by atoms with E-state index in [-0.39, 0.29) is 11.9 Å². The van der Waals surface area contributed by atoms with Crippen molar-refractivity contribution in [3.8, 4) is 0 Å². The van der Waals surface area contributed by atoms with E-state index in [1.807, 2.05) is 6.26 Å². The molecule has 1 fully saturated rings. The topological polar surface area (TPSA) is 55.6 Å². The fourth-order valence-electron chi connectivity index (χ4n) is 2.40. The molecule has 2 N–H and O–H groups in total. The number of Topliss-reactive ketones (excluding diaryl/α,β-unsaturated/α-hetero) is 1. The smallest absolute Gasteiger partial charge is 0.171 e. The highest BCUT2D eigenvalue weighted by Crippen LogP contribution is 2.44. The summed E-state index contributed by atoms with van der Waals surface area (Å²) in [5.41, 5.74) is 6.74. The Morgan fingerprint density at radius 2 is 2.32 bits per heavy atom. The van der Waals surface area contributed by atoms with Crippen LogP contribution in [-0.4, -0.2) is 38.3 Å². The van der Waals surface area contributed by atoms with Gasteiger partial charge < -0.3 is 15.4 Å². The van der Waals surface area contributed by atoms with E-state index in [2.05, 4.69) is 4.90 Å². The molecule has 2 rings (SSSR count). The van der Waals surface area contributed by atoms with Crippen molar-refractivity contribution in [1.29, 1.82) is 0 Å². The van der Waals surface area contributed by atoms with E-state index in [0.29, 0.717) is 10.6 Å². The molecule has 0 saturated carbocycles. The molecule has 1 saturated heterocycles. The van der Waals surface area contributed by atoms with E-state index in [9.17, 15) is 4.79 Å². The Balaban J connectivity index is 2.33. The summed E-state index contributed by atoms with van der Waals surface area (Å²) >= 11 is 3.13. The number of thioether (sulfide) groups is 1. The van der Waals surface area contributed by atoms with E-state index < -0.39 is 0 Å². The van der Waals surface area contributed by atoms with Gasteiger partial charge in [0.15, 0.2) is 5.78 Å². The van der Waals surface area contributed by atoms with Gasteiger partial charge in [0.2, 0.25) is 0 Å². The van der Waals surface area contributed by atoms with Crippen molar-refractivity contribution in [2.45, 2.75) is 30.8 Å². The summed E-state index contributed by atoms with van der Waals surface area (Å²) in [6.07, 6.45) is 4.48. The van der Waals surface area contributed by atoms with Crippen LogP contribution in [0.5, 0.6) is 0 Å². The van der Waals surface area contributed by atoms with Crippen molar-refractivity contribution in [2.24, 2.45) is 0 Å². The number of nitrogens with two attached hydrogens (primary N) is 1. The Hall–Kier alpha value is -0.720. The van der Waals surface area contributed by atoms with E-state index in [1.54, 1.807) is 25.8 Å². The molecule has 1 aromatic heterocycles. The van der Waals surface area contributed by atoms with Gasteiger partial charge in [0.1, 0.15) is 5.00 Å². The molecule has 0 amide bonds. The Kier molecular flexibility index (Phi) is 4.76. The average molecular weight is 300 g/mol. The first-order valence-corrected chi connectivity index (χ1v) is 8.37. The zero-order valence-corrected chi connectivity index (χ0v) is 13.2. The molecule has 2 heterocycles. The van der Waals surface area contributed by atoms with Crippen LogP contribution in [-0.2, 0) is 4.74 Å². The number of carbonyl (C=O) groups excluding carboxylic acids is 1. The summed E-state index contributed by atoms with van der Waals surface area (Å²) in [6, 6.07) is 0. The van der Waals surface area contributed by atoms with Crippen LogP contribution in [0.2, 0.25) is 0 Å². The van der Waals surface area contributed by atoms with Gasteiger partial charge in [-0.05, 0) is 19.1 Å². The fraction of sp³-hybridized carbons (Fsp3) is 0.615. The molecule has 1 aromatic rings. The van der Waals surface area contributed by atoms with Crippen molar-refractivity contribution in [2.75, 3.05) is 37.1 Å². The van der Waals surface area contributed by atoms with Crippen LogP contribution in [0.1, 0.15) is 29.4 Å². The molecule has 1 atom stereocenters.